The summed E-state index contributed by atoms with van der Waals surface area (Å²) in [4.78, 5) is 0.0774. The van der Waals surface area contributed by atoms with Crippen molar-refractivity contribution in [1.29, 1.82) is 0 Å². The summed E-state index contributed by atoms with van der Waals surface area (Å²) in [6.07, 6.45) is -4.24. The second-order valence-electron chi connectivity index (χ2n) is 4.15. The molecule has 0 saturated carbocycles. The highest BCUT2D eigenvalue weighted by molar-refractivity contribution is 9.09. The van der Waals surface area contributed by atoms with Crippen LogP contribution in [0.5, 0.6) is 0 Å². The third kappa shape index (κ3) is 4.14. The van der Waals surface area contributed by atoms with Crippen LogP contribution in [-0.2, 0) is 0 Å². The summed E-state index contributed by atoms with van der Waals surface area (Å²) in [5.41, 5.74) is 0.823. The summed E-state index contributed by atoms with van der Waals surface area (Å²) >= 11 is 8.69. The average Bonchev–Trinajstić information content (AvgIpc) is 2.27. The average molecular weight is 345 g/mol. The maximum absolute atomic E-state index is 12.5. The van der Waals surface area contributed by atoms with E-state index in [2.05, 4.69) is 15.9 Å². The van der Waals surface area contributed by atoms with Crippen LogP contribution in [0.4, 0.5) is 13.2 Å². The molecule has 0 spiro atoms. The Labute approximate surface area is 118 Å². The molecular weight excluding hydrogens is 330 g/mol. The predicted molar refractivity (Wildman–Crippen MR) is 71.3 cm³/mol. The van der Waals surface area contributed by atoms with E-state index in [0.29, 0.717) is 5.02 Å². The second kappa shape index (κ2) is 6.26. The lowest BCUT2D eigenvalue weighted by molar-refractivity contribution is -0.130. The van der Waals surface area contributed by atoms with Gasteiger partial charge >= 0.3 is 6.18 Å². The molecule has 18 heavy (non-hydrogen) atoms. The van der Waals surface area contributed by atoms with Crippen molar-refractivity contribution in [3.8, 4) is 0 Å². The number of hydrogen-bond acceptors (Lipinski definition) is 1. The summed E-state index contributed by atoms with van der Waals surface area (Å²) < 4.78 is 37.4. The van der Waals surface area contributed by atoms with Crippen LogP contribution in [0.3, 0.4) is 0 Å². The molecular formula is C12H14BrClF3N. The molecule has 1 nitrogen and oxygen atoms in total. The van der Waals surface area contributed by atoms with Crippen LogP contribution >= 0.6 is 27.5 Å². The normalized spacial score (nSPS) is 15.8. The van der Waals surface area contributed by atoms with Crippen molar-refractivity contribution in [3.63, 3.8) is 0 Å². The fraction of sp³-hybridized carbons (Fsp3) is 0.500. The van der Waals surface area contributed by atoms with Gasteiger partial charge < -0.3 is 0 Å². The molecule has 1 rings (SSSR count). The Morgan fingerprint density at radius 3 is 2.39 bits per heavy atom. The Balaban J connectivity index is 2.73. The molecule has 0 amide bonds. The minimum absolute atomic E-state index is 0.129. The van der Waals surface area contributed by atoms with Crippen LogP contribution in [0.2, 0.25) is 5.02 Å². The summed E-state index contributed by atoms with van der Waals surface area (Å²) in [6, 6.07) is 6.99. The van der Waals surface area contributed by atoms with E-state index in [0.717, 1.165) is 5.56 Å². The highest BCUT2D eigenvalue weighted by Crippen LogP contribution is 2.31. The molecule has 0 aromatic heterocycles. The Bertz CT molecular complexity index is 397. The van der Waals surface area contributed by atoms with Gasteiger partial charge in [-0.2, -0.15) is 13.2 Å². The zero-order chi connectivity index (χ0) is 13.9. The smallest absolute Gasteiger partial charge is 0.298 e. The van der Waals surface area contributed by atoms with E-state index in [1.807, 2.05) is 19.1 Å². The van der Waals surface area contributed by atoms with Crippen molar-refractivity contribution in [3.05, 3.63) is 34.9 Å². The van der Waals surface area contributed by atoms with Crippen molar-refractivity contribution in [2.24, 2.45) is 0 Å². The Morgan fingerprint density at radius 1 is 1.33 bits per heavy atom. The number of benzene rings is 1. The van der Waals surface area contributed by atoms with E-state index in [4.69, 9.17) is 11.6 Å². The third-order valence-electron chi connectivity index (χ3n) is 2.82. The molecule has 0 radical (unpaired) electrons. The van der Waals surface area contributed by atoms with Gasteiger partial charge in [-0.05, 0) is 25.6 Å². The second-order valence-corrected chi connectivity index (χ2v) is 5.66. The molecule has 6 heteroatoms. The largest absolute Gasteiger partial charge is 0.402 e. The fourth-order valence-corrected chi connectivity index (χ4v) is 2.32. The maximum atomic E-state index is 12.5. The van der Waals surface area contributed by atoms with Crippen LogP contribution in [0.25, 0.3) is 0 Å². The minimum atomic E-state index is -4.24. The Morgan fingerprint density at radius 2 is 1.89 bits per heavy atom. The molecule has 0 heterocycles. The van der Waals surface area contributed by atoms with E-state index in [1.165, 1.54) is 0 Å². The van der Waals surface area contributed by atoms with Gasteiger partial charge in [0.1, 0.15) is 4.83 Å². The topological polar surface area (TPSA) is 3.24 Å². The first-order valence-electron chi connectivity index (χ1n) is 5.39. The lowest BCUT2D eigenvalue weighted by Crippen LogP contribution is -2.36. The van der Waals surface area contributed by atoms with E-state index in [9.17, 15) is 13.2 Å². The molecule has 0 aliphatic rings. The first-order chi connectivity index (χ1) is 8.23. The van der Waals surface area contributed by atoms with Gasteiger partial charge in [-0.3, -0.25) is 4.90 Å². The van der Waals surface area contributed by atoms with E-state index >= 15 is 0 Å². The van der Waals surface area contributed by atoms with E-state index < -0.39 is 11.0 Å². The predicted octanol–water partition coefficient (Wildman–Crippen LogP) is 4.66. The molecule has 0 saturated heterocycles. The zero-order valence-electron chi connectivity index (χ0n) is 10.0. The molecule has 1 aromatic carbocycles. The summed E-state index contributed by atoms with van der Waals surface area (Å²) in [5, 5.41) is 0.565. The molecule has 0 aliphatic heterocycles. The maximum Gasteiger partial charge on any atom is 0.402 e. The molecule has 0 bridgehead atoms. The molecule has 1 aromatic rings. The number of halogens is 5. The van der Waals surface area contributed by atoms with Crippen molar-refractivity contribution < 1.29 is 13.2 Å². The van der Waals surface area contributed by atoms with Gasteiger partial charge in [0.05, 0.1) is 0 Å². The lowest BCUT2D eigenvalue weighted by atomic mass is 10.1. The van der Waals surface area contributed by atoms with Gasteiger partial charge in [-0.1, -0.05) is 45.7 Å². The molecule has 102 valence electrons. The van der Waals surface area contributed by atoms with Gasteiger partial charge in [0.25, 0.3) is 0 Å². The molecule has 0 N–H and O–H groups in total. The van der Waals surface area contributed by atoms with Crippen LogP contribution in [-0.4, -0.2) is 29.5 Å². The number of alkyl halides is 4. The van der Waals surface area contributed by atoms with Crippen LogP contribution in [0.1, 0.15) is 18.5 Å². The van der Waals surface area contributed by atoms with Crippen molar-refractivity contribution in [1.82, 2.24) is 4.90 Å². The van der Waals surface area contributed by atoms with Crippen LogP contribution in [0.15, 0.2) is 24.3 Å². The number of nitrogens with zero attached hydrogens (tertiary/aromatic N) is 1. The van der Waals surface area contributed by atoms with Crippen molar-refractivity contribution >= 4 is 27.5 Å². The van der Waals surface area contributed by atoms with Crippen molar-refractivity contribution in [2.45, 2.75) is 24.0 Å². The number of hydrogen-bond donors (Lipinski definition) is 0. The quantitative estimate of drug-likeness (QED) is 0.718. The van der Waals surface area contributed by atoms with Gasteiger partial charge in [0.15, 0.2) is 0 Å². The monoisotopic (exact) mass is 343 g/mol. The minimum Gasteiger partial charge on any atom is -0.298 e. The first kappa shape index (κ1) is 15.8. The summed E-state index contributed by atoms with van der Waals surface area (Å²) in [5.74, 6) is 0. The Kier molecular flexibility index (Phi) is 5.49. The SMILES string of the molecule is CC(c1ccccc1Cl)N(C)CC(Br)C(F)(F)F. The van der Waals surface area contributed by atoms with Crippen molar-refractivity contribution in [2.75, 3.05) is 13.6 Å². The van der Waals surface area contributed by atoms with Gasteiger partial charge in [-0.25, -0.2) is 0 Å². The summed E-state index contributed by atoms with van der Waals surface area (Å²) in [6.45, 7) is 1.70. The molecule has 0 fully saturated rings. The van der Waals surface area contributed by atoms with Crippen LogP contribution in [0, 0.1) is 0 Å². The van der Waals surface area contributed by atoms with Gasteiger partial charge in [0, 0.05) is 17.6 Å². The molecule has 0 aliphatic carbocycles. The zero-order valence-corrected chi connectivity index (χ0v) is 12.4. The van der Waals surface area contributed by atoms with E-state index in [-0.39, 0.29) is 12.6 Å². The van der Waals surface area contributed by atoms with Crippen LogP contribution < -0.4 is 0 Å². The number of rotatable bonds is 4. The first-order valence-corrected chi connectivity index (χ1v) is 6.68. The standard InChI is InChI=1S/C12H14BrClF3N/c1-8(9-5-3-4-6-10(9)14)18(2)7-11(13)12(15,16)17/h3-6,8,11H,7H2,1-2H3. The van der Waals surface area contributed by atoms with Gasteiger partial charge in [-0.15, -0.1) is 0 Å². The van der Waals surface area contributed by atoms with E-state index in [1.54, 1.807) is 24.1 Å². The lowest BCUT2D eigenvalue weighted by Gasteiger charge is -2.28. The van der Waals surface area contributed by atoms with Gasteiger partial charge in [0.2, 0.25) is 0 Å². The molecule has 2 unspecified atom stereocenters. The fourth-order valence-electron chi connectivity index (χ4n) is 1.57. The highest BCUT2D eigenvalue weighted by Gasteiger charge is 2.38. The Hall–Kier alpha value is -0.260. The summed E-state index contributed by atoms with van der Waals surface area (Å²) in [7, 11) is 1.65. The molecule has 2 atom stereocenters. The third-order valence-corrected chi connectivity index (χ3v) is 3.97. The highest BCUT2D eigenvalue weighted by atomic mass is 79.9.